The Morgan fingerprint density at radius 2 is 1.79 bits per heavy atom. The predicted molar refractivity (Wildman–Crippen MR) is 97.3 cm³/mol. The van der Waals surface area contributed by atoms with Crippen LogP contribution in [0.5, 0.6) is 0 Å². The summed E-state index contributed by atoms with van der Waals surface area (Å²) in [5.41, 5.74) is 1.80. The van der Waals surface area contributed by atoms with Gasteiger partial charge in [-0.05, 0) is 41.5 Å². The summed E-state index contributed by atoms with van der Waals surface area (Å²) in [6.07, 6.45) is -2.65. The van der Waals surface area contributed by atoms with Crippen LogP contribution in [0.2, 0.25) is 0 Å². The number of carbonyl (C=O) groups is 1. The summed E-state index contributed by atoms with van der Waals surface area (Å²) < 4.78 is 66.0. The van der Waals surface area contributed by atoms with Crippen LogP contribution in [0.4, 0.5) is 26.7 Å². The number of aromatic amines is 1. The van der Waals surface area contributed by atoms with Crippen molar-refractivity contribution in [3.05, 3.63) is 59.4 Å². The number of urea groups is 1. The number of alkyl halides is 2. The molecule has 29 heavy (non-hydrogen) atoms. The summed E-state index contributed by atoms with van der Waals surface area (Å²) >= 11 is 0. The molecule has 2 heterocycles. The zero-order valence-electron chi connectivity index (χ0n) is 15.0. The van der Waals surface area contributed by atoms with E-state index in [2.05, 4.69) is 10.3 Å². The molecule has 1 aliphatic heterocycles. The van der Waals surface area contributed by atoms with Crippen molar-refractivity contribution in [3.8, 4) is 11.3 Å². The largest absolute Gasteiger partial charge is 0.352 e. The Hall–Kier alpha value is -3.10. The summed E-state index contributed by atoms with van der Waals surface area (Å²) in [5, 5.41) is 2.46. The fourth-order valence-electron chi connectivity index (χ4n) is 3.61. The van der Waals surface area contributed by atoms with Crippen LogP contribution >= 0.6 is 0 Å². The molecule has 4 rings (SSSR count). The molecule has 1 aromatic heterocycles. The number of nitrogens with one attached hydrogen (secondary N) is 2. The quantitative estimate of drug-likeness (QED) is 0.607. The Bertz CT molecular complexity index is 1060. The lowest BCUT2D eigenvalue weighted by molar-refractivity contribution is 0.125. The van der Waals surface area contributed by atoms with Gasteiger partial charge in [-0.15, -0.1) is 0 Å². The number of amides is 2. The first-order valence-corrected chi connectivity index (χ1v) is 8.91. The molecular weight excluding hydrogens is 393 g/mol. The molecule has 0 spiro atoms. The molecule has 2 amide bonds. The third-order valence-electron chi connectivity index (χ3n) is 4.98. The molecule has 152 valence electrons. The Kier molecular flexibility index (Phi) is 4.89. The second kappa shape index (κ2) is 7.38. The Morgan fingerprint density at radius 1 is 1.10 bits per heavy atom. The van der Waals surface area contributed by atoms with Gasteiger partial charge in [-0.2, -0.15) is 0 Å². The fraction of sp³-hybridized carbons (Fsp3) is 0.250. The van der Waals surface area contributed by atoms with Gasteiger partial charge in [0.2, 0.25) is 0 Å². The number of carbonyl (C=O) groups excluding carboxylic acids is 1. The number of hydrogen-bond donors (Lipinski definition) is 2. The SMILES string of the molecule is O=C(NCC(F)F)N1CC(c2c(-c3ccc(F)cc3)[nH]c3c(F)cc(F)cc23)C1. The molecule has 0 saturated carbocycles. The summed E-state index contributed by atoms with van der Waals surface area (Å²) in [4.78, 5) is 16.2. The second-order valence-electron chi connectivity index (χ2n) is 6.91. The van der Waals surface area contributed by atoms with Gasteiger partial charge in [0.05, 0.1) is 17.8 Å². The van der Waals surface area contributed by atoms with Crippen molar-refractivity contribution < 1.29 is 26.7 Å². The Morgan fingerprint density at radius 3 is 2.45 bits per heavy atom. The molecule has 4 nitrogen and oxygen atoms in total. The van der Waals surface area contributed by atoms with Crippen molar-refractivity contribution in [3.63, 3.8) is 0 Å². The van der Waals surface area contributed by atoms with E-state index in [0.717, 1.165) is 6.07 Å². The lowest BCUT2D eigenvalue weighted by Crippen LogP contribution is -2.53. The van der Waals surface area contributed by atoms with Crippen LogP contribution in [0.3, 0.4) is 0 Å². The minimum Gasteiger partial charge on any atom is -0.352 e. The van der Waals surface area contributed by atoms with Crippen molar-refractivity contribution >= 4 is 16.9 Å². The van der Waals surface area contributed by atoms with E-state index in [1.165, 1.54) is 35.2 Å². The minimum absolute atomic E-state index is 0.112. The van der Waals surface area contributed by atoms with E-state index >= 15 is 0 Å². The molecule has 1 aliphatic rings. The maximum Gasteiger partial charge on any atom is 0.317 e. The lowest BCUT2D eigenvalue weighted by atomic mass is 9.87. The van der Waals surface area contributed by atoms with Crippen molar-refractivity contribution in [2.45, 2.75) is 12.3 Å². The number of aromatic nitrogens is 1. The zero-order chi connectivity index (χ0) is 20.7. The zero-order valence-corrected chi connectivity index (χ0v) is 15.0. The number of nitrogens with zero attached hydrogens (tertiary/aromatic N) is 1. The van der Waals surface area contributed by atoms with E-state index in [-0.39, 0.29) is 24.5 Å². The fourth-order valence-corrected chi connectivity index (χ4v) is 3.61. The summed E-state index contributed by atoms with van der Waals surface area (Å²) in [6.45, 7) is -0.340. The summed E-state index contributed by atoms with van der Waals surface area (Å²) in [5.74, 6) is -2.20. The Labute approximate surface area is 162 Å². The van der Waals surface area contributed by atoms with Gasteiger partial charge in [-0.3, -0.25) is 0 Å². The maximum atomic E-state index is 14.3. The van der Waals surface area contributed by atoms with E-state index in [0.29, 0.717) is 22.2 Å². The van der Waals surface area contributed by atoms with E-state index in [9.17, 15) is 26.7 Å². The highest BCUT2D eigenvalue weighted by molar-refractivity contribution is 5.92. The maximum absolute atomic E-state index is 14.3. The molecule has 0 atom stereocenters. The Balaban J connectivity index is 1.69. The van der Waals surface area contributed by atoms with Gasteiger partial charge in [0, 0.05) is 30.5 Å². The highest BCUT2D eigenvalue weighted by atomic mass is 19.3. The first kappa shape index (κ1) is 19.2. The van der Waals surface area contributed by atoms with Crippen LogP contribution in [0.15, 0.2) is 36.4 Å². The molecule has 3 aromatic rings. The van der Waals surface area contributed by atoms with Crippen molar-refractivity contribution in [1.82, 2.24) is 15.2 Å². The molecular formula is C20H16F5N3O. The topological polar surface area (TPSA) is 48.1 Å². The average Bonchev–Trinajstić information content (AvgIpc) is 2.99. The van der Waals surface area contributed by atoms with Crippen LogP contribution in [0, 0.1) is 17.5 Å². The first-order chi connectivity index (χ1) is 13.8. The van der Waals surface area contributed by atoms with Crippen LogP contribution in [0.25, 0.3) is 22.2 Å². The monoisotopic (exact) mass is 409 g/mol. The van der Waals surface area contributed by atoms with Crippen LogP contribution in [0.1, 0.15) is 11.5 Å². The van der Waals surface area contributed by atoms with Gasteiger partial charge >= 0.3 is 6.03 Å². The highest BCUT2D eigenvalue weighted by Crippen LogP contribution is 2.40. The van der Waals surface area contributed by atoms with Gasteiger partial charge in [0.1, 0.15) is 17.5 Å². The van der Waals surface area contributed by atoms with Gasteiger partial charge in [-0.1, -0.05) is 0 Å². The smallest absolute Gasteiger partial charge is 0.317 e. The number of hydrogen-bond acceptors (Lipinski definition) is 1. The third-order valence-corrected chi connectivity index (χ3v) is 4.98. The molecule has 0 aliphatic carbocycles. The van der Waals surface area contributed by atoms with Crippen molar-refractivity contribution in [1.29, 1.82) is 0 Å². The predicted octanol–water partition coefficient (Wildman–Crippen LogP) is 4.63. The van der Waals surface area contributed by atoms with Crippen LogP contribution in [-0.2, 0) is 0 Å². The van der Waals surface area contributed by atoms with Gasteiger partial charge in [0.25, 0.3) is 6.43 Å². The molecule has 0 radical (unpaired) electrons. The normalized spacial score (nSPS) is 14.5. The van der Waals surface area contributed by atoms with Gasteiger partial charge in [-0.25, -0.2) is 26.7 Å². The van der Waals surface area contributed by atoms with Crippen molar-refractivity contribution in [2.75, 3.05) is 19.6 Å². The van der Waals surface area contributed by atoms with Gasteiger partial charge in [0.15, 0.2) is 0 Å². The van der Waals surface area contributed by atoms with Crippen LogP contribution < -0.4 is 5.32 Å². The number of fused-ring (bicyclic) bond motifs is 1. The second-order valence-corrected chi connectivity index (χ2v) is 6.91. The summed E-state index contributed by atoms with van der Waals surface area (Å²) in [7, 11) is 0. The first-order valence-electron chi connectivity index (χ1n) is 8.91. The number of halogens is 5. The lowest BCUT2D eigenvalue weighted by Gasteiger charge is -2.39. The van der Waals surface area contributed by atoms with E-state index in [1.807, 2.05) is 0 Å². The average molecular weight is 409 g/mol. The van der Waals surface area contributed by atoms with Crippen molar-refractivity contribution in [2.24, 2.45) is 0 Å². The number of likely N-dealkylation sites (tertiary alicyclic amines) is 1. The number of rotatable bonds is 4. The standard InChI is InChI=1S/C20H16F5N3O/c21-12-3-1-10(2-4-12)18-17(14-5-13(22)6-15(23)19(14)27-18)11-8-28(9-11)20(29)26-7-16(24)25/h1-6,11,16,27H,7-9H2,(H,26,29). The molecule has 9 heteroatoms. The molecule has 2 aromatic carbocycles. The summed E-state index contributed by atoms with van der Waals surface area (Å²) in [6, 6.07) is 6.90. The molecule has 0 unspecified atom stereocenters. The minimum atomic E-state index is -2.65. The number of H-pyrrole nitrogens is 1. The number of benzene rings is 2. The van der Waals surface area contributed by atoms with E-state index < -0.39 is 36.5 Å². The highest BCUT2D eigenvalue weighted by Gasteiger charge is 2.36. The van der Waals surface area contributed by atoms with Crippen LogP contribution in [-0.4, -0.2) is 42.0 Å². The third kappa shape index (κ3) is 3.64. The van der Waals surface area contributed by atoms with E-state index in [1.54, 1.807) is 0 Å². The van der Waals surface area contributed by atoms with Gasteiger partial charge < -0.3 is 15.2 Å². The molecule has 2 N–H and O–H groups in total. The molecule has 0 bridgehead atoms. The molecule has 1 saturated heterocycles. The van der Waals surface area contributed by atoms with E-state index in [4.69, 9.17) is 0 Å². The molecule has 1 fully saturated rings.